The Balaban J connectivity index is 0.00000462. The Labute approximate surface area is 236 Å². The fourth-order valence-electron chi connectivity index (χ4n) is 4.55. The quantitative estimate of drug-likeness (QED) is 0.292. The second-order valence-electron chi connectivity index (χ2n) is 11.3. The van der Waals surface area contributed by atoms with E-state index in [1.807, 2.05) is 20.8 Å². The van der Waals surface area contributed by atoms with Gasteiger partial charge in [-0.3, -0.25) is 4.79 Å². The maximum atomic E-state index is 14.5. The van der Waals surface area contributed by atoms with Gasteiger partial charge in [0.25, 0.3) is 15.9 Å². The van der Waals surface area contributed by atoms with E-state index >= 15 is 0 Å². The molecule has 8 nitrogen and oxygen atoms in total. The topological polar surface area (TPSA) is 107 Å². The average molecular weight is 572 g/mol. The predicted molar refractivity (Wildman–Crippen MR) is 152 cm³/mol. The number of ether oxygens (including phenoxy) is 2. The standard InChI is InChI=1S/C30H36FN3O5S.H2/c1-7-26(24-16-30(24,5)6)39-29-23(28(35)34-40(36,37)27-10-8-9-19(4)32-27)11-12-25(33-29)20-13-21(31)15-22(14-20)38-17-18(2)3;/h8-15,18,24,26H,7,16-17H2,1-6H3,(H,34,35);1H. The van der Waals surface area contributed by atoms with Crippen LogP contribution in [0.4, 0.5) is 4.39 Å². The van der Waals surface area contributed by atoms with Crippen molar-refractivity contribution in [3.8, 4) is 22.9 Å². The lowest BCUT2D eigenvalue weighted by Crippen LogP contribution is -2.32. The Bertz CT molecular complexity index is 1510. The van der Waals surface area contributed by atoms with Crippen molar-refractivity contribution in [3.05, 3.63) is 65.6 Å². The van der Waals surface area contributed by atoms with Crippen LogP contribution in [0.1, 0.15) is 64.9 Å². The van der Waals surface area contributed by atoms with Crippen molar-refractivity contribution in [1.82, 2.24) is 14.7 Å². The smallest absolute Gasteiger partial charge is 0.281 e. The largest absolute Gasteiger partial charge is 0.493 e. The molecule has 1 saturated carbocycles. The van der Waals surface area contributed by atoms with Gasteiger partial charge in [0.15, 0.2) is 5.03 Å². The zero-order valence-electron chi connectivity index (χ0n) is 23.7. The van der Waals surface area contributed by atoms with Crippen molar-refractivity contribution >= 4 is 15.9 Å². The molecule has 0 spiro atoms. The van der Waals surface area contributed by atoms with Crippen LogP contribution in [0.15, 0.2) is 53.6 Å². The molecule has 40 heavy (non-hydrogen) atoms. The maximum Gasteiger partial charge on any atom is 0.281 e. The lowest BCUT2D eigenvalue weighted by molar-refractivity contribution is 0.0966. The monoisotopic (exact) mass is 571 g/mol. The number of aryl methyl sites for hydroxylation is 1. The Hall–Kier alpha value is -3.53. The van der Waals surface area contributed by atoms with Crippen LogP contribution in [-0.2, 0) is 10.0 Å². The molecular weight excluding hydrogens is 533 g/mol. The van der Waals surface area contributed by atoms with Crippen molar-refractivity contribution in [2.75, 3.05) is 6.61 Å². The van der Waals surface area contributed by atoms with Crippen LogP contribution in [0.3, 0.4) is 0 Å². The lowest BCUT2D eigenvalue weighted by atomic mass is 10.0. The first-order valence-corrected chi connectivity index (χ1v) is 14.9. The van der Waals surface area contributed by atoms with Crippen LogP contribution >= 0.6 is 0 Å². The second kappa shape index (κ2) is 11.5. The summed E-state index contributed by atoms with van der Waals surface area (Å²) in [5.74, 6) is -0.549. The number of benzene rings is 1. The van der Waals surface area contributed by atoms with E-state index in [2.05, 4.69) is 28.5 Å². The Kier molecular flexibility index (Phi) is 8.49. The van der Waals surface area contributed by atoms with Crippen LogP contribution in [0.25, 0.3) is 11.3 Å². The molecule has 3 aromatic rings. The van der Waals surface area contributed by atoms with Crippen molar-refractivity contribution in [2.45, 2.75) is 65.5 Å². The Morgan fingerprint density at radius 2 is 1.90 bits per heavy atom. The molecule has 10 heteroatoms. The summed E-state index contributed by atoms with van der Waals surface area (Å²) >= 11 is 0. The van der Waals surface area contributed by atoms with Gasteiger partial charge >= 0.3 is 0 Å². The van der Waals surface area contributed by atoms with Crippen molar-refractivity contribution < 1.29 is 28.5 Å². The molecule has 1 N–H and O–H groups in total. The number of sulfonamides is 1. The summed E-state index contributed by atoms with van der Waals surface area (Å²) in [6.45, 7) is 12.4. The number of hydrogen-bond donors (Lipinski definition) is 1. The third-order valence-corrected chi connectivity index (χ3v) is 8.16. The first-order valence-electron chi connectivity index (χ1n) is 13.4. The number of halogens is 1. The zero-order valence-corrected chi connectivity index (χ0v) is 24.5. The molecular formula is C30H38FN3O5S. The summed E-state index contributed by atoms with van der Waals surface area (Å²) in [6.07, 6.45) is 1.39. The minimum Gasteiger partial charge on any atom is -0.493 e. The number of amides is 1. The zero-order chi connectivity index (χ0) is 29.2. The third-order valence-electron chi connectivity index (χ3n) is 6.92. The van der Waals surface area contributed by atoms with Gasteiger partial charge in [-0.15, -0.1) is 0 Å². The number of nitrogens with one attached hydrogen (secondary N) is 1. The van der Waals surface area contributed by atoms with E-state index < -0.39 is 21.7 Å². The van der Waals surface area contributed by atoms with Gasteiger partial charge in [-0.1, -0.05) is 40.7 Å². The minimum atomic E-state index is -4.25. The molecule has 0 aliphatic heterocycles. The fraction of sp³-hybridized carbons (Fsp3) is 0.433. The summed E-state index contributed by atoms with van der Waals surface area (Å²) in [4.78, 5) is 21.9. The van der Waals surface area contributed by atoms with Gasteiger partial charge in [-0.2, -0.15) is 8.42 Å². The number of carbonyl (C=O) groups is 1. The molecule has 0 bridgehead atoms. The molecule has 1 amide bonds. The molecule has 2 heterocycles. The van der Waals surface area contributed by atoms with Gasteiger partial charge in [-0.25, -0.2) is 19.1 Å². The summed E-state index contributed by atoms with van der Waals surface area (Å²) in [5.41, 5.74) is 1.33. The molecule has 0 saturated heterocycles. The van der Waals surface area contributed by atoms with E-state index in [1.54, 1.807) is 25.1 Å². The fourth-order valence-corrected chi connectivity index (χ4v) is 5.53. The number of nitrogens with zero attached hydrogens (tertiary/aromatic N) is 2. The highest BCUT2D eigenvalue weighted by Gasteiger charge is 2.51. The van der Waals surface area contributed by atoms with Crippen LogP contribution in [0, 0.1) is 30.0 Å². The summed E-state index contributed by atoms with van der Waals surface area (Å²) in [5, 5.41) is -0.271. The highest BCUT2D eigenvalue weighted by Crippen LogP contribution is 2.55. The van der Waals surface area contributed by atoms with E-state index in [1.165, 1.54) is 30.3 Å². The van der Waals surface area contributed by atoms with Crippen molar-refractivity contribution in [3.63, 3.8) is 0 Å². The number of rotatable bonds is 11. The highest BCUT2D eigenvalue weighted by atomic mass is 32.2. The molecule has 0 radical (unpaired) electrons. The van der Waals surface area contributed by atoms with Gasteiger partial charge in [0.1, 0.15) is 23.2 Å². The maximum absolute atomic E-state index is 14.5. The third kappa shape index (κ3) is 6.96. The lowest BCUT2D eigenvalue weighted by Gasteiger charge is -2.21. The van der Waals surface area contributed by atoms with Crippen LogP contribution < -0.4 is 14.2 Å². The van der Waals surface area contributed by atoms with Crippen LogP contribution in [0.5, 0.6) is 11.6 Å². The number of pyridine rings is 2. The van der Waals surface area contributed by atoms with E-state index in [4.69, 9.17) is 9.47 Å². The Morgan fingerprint density at radius 1 is 1.18 bits per heavy atom. The molecule has 1 aliphatic rings. The number of aromatic nitrogens is 2. The average Bonchev–Trinajstić information content (AvgIpc) is 3.52. The van der Waals surface area contributed by atoms with Crippen LogP contribution in [-0.4, -0.2) is 37.0 Å². The Morgan fingerprint density at radius 3 is 2.52 bits per heavy atom. The van der Waals surface area contributed by atoms with E-state index in [-0.39, 0.29) is 41.3 Å². The van der Waals surface area contributed by atoms with Gasteiger partial charge in [0, 0.05) is 24.7 Å². The molecule has 1 aliphatic carbocycles. The summed E-state index contributed by atoms with van der Waals surface area (Å²) < 4.78 is 54.5. The minimum absolute atomic E-state index is 0. The number of carbonyl (C=O) groups excluding carboxylic acids is 1. The molecule has 216 valence electrons. The first-order chi connectivity index (χ1) is 18.8. The van der Waals surface area contributed by atoms with Crippen molar-refractivity contribution in [2.24, 2.45) is 17.3 Å². The summed E-state index contributed by atoms with van der Waals surface area (Å²) in [6, 6.07) is 11.8. The highest BCUT2D eigenvalue weighted by molar-refractivity contribution is 7.90. The molecule has 2 aromatic heterocycles. The van der Waals surface area contributed by atoms with Gasteiger partial charge in [0.2, 0.25) is 5.88 Å². The normalized spacial score (nSPS) is 16.9. The van der Waals surface area contributed by atoms with Crippen LogP contribution in [0.2, 0.25) is 0 Å². The predicted octanol–water partition coefficient (Wildman–Crippen LogP) is 6.19. The summed E-state index contributed by atoms with van der Waals surface area (Å²) in [7, 11) is -4.25. The SMILES string of the molecule is CCC(Oc1nc(-c2cc(F)cc(OCC(C)C)c2)ccc1C(=O)NS(=O)(=O)c1cccc(C)n1)C1CC1(C)C.[HH]. The first kappa shape index (κ1) is 29.5. The molecule has 2 unspecified atom stereocenters. The van der Waals surface area contributed by atoms with Gasteiger partial charge in [0.05, 0.1) is 12.3 Å². The van der Waals surface area contributed by atoms with E-state index in [0.29, 0.717) is 35.7 Å². The van der Waals surface area contributed by atoms with E-state index in [9.17, 15) is 17.6 Å². The van der Waals surface area contributed by atoms with Gasteiger partial charge < -0.3 is 9.47 Å². The van der Waals surface area contributed by atoms with Crippen molar-refractivity contribution in [1.29, 1.82) is 0 Å². The molecule has 1 aromatic carbocycles. The molecule has 4 rings (SSSR count). The van der Waals surface area contributed by atoms with E-state index in [0.717, 1.165) is 6.42 Å². The second-order valence-corrected chi connectivity index (χ2v) is 13.0. The molecule has 1 fully saturated rings. The van der Waals surface area contributed by atoms with Gasteiger partial charge in [-0.05, 0) is 67.5 Å². The molecule has 2 atom stereocenters. The number of hydrogen-bond acceptors (Lipinski definition) is 7.